The molecule has 0 amide bonds. The molecule has 0 radical (unpaired) electrons. The number of halogens is 2. The van der Waals surface area contributed by atoms with Gasteiger partial charge in [-0.05, 0) is 38.1 Å². The van der Waals surface area contributed by atoms with Gasteiger partial charge in [0.2, 0.25) is 0 Å². The van der Waals surface area contributed by atoms with Crippen LogP contribution in [0.2, 0.25) is 0 Å². The average Bonchev–Trinajstić information content (AvgIpc) is 2.22. The summed E-state index contributed by atoms with van der Waals surface area (Å²) in [6.45, 7) is 2.81. The van der Waals surface area contributed by atoms with E-state index in [2.05, 4.69) is 5.32 Å². The standard InChI is InChI=1S/C12H17F2N/c1-3-9(8-15-2)7-10-11(13)5-4-6-12(10)14/h4-6,9,15H,3,7-8H2,1-2H3. The van der Waals surface area contributed by atoms with Gasteiger partial charge < -0.3 is 5.32 Å². The molecule has 0 saturated carbocycles. The van der Waals surface area contributed by atoms with Crippen LogP contribution in [-0.2, 0) is 6.42 Å². The van der Waals surface area contributed by atoms with Crippen LogP contribution in [0, 0.1) is 17.6 Å². The molecule has 0 bridgehead atoms. The van der Waals surface area contributed by atoms with Gasteiger partial charge in [0.05, 0.1) is 0 Å². The molecule has 0 spiro atoms. The van der Waals surface area contributed by atoms with Gasteiger partial charge in [0, 0.05) is 5.56 Å². The van der Waals surface area contributed by atoms with Crippen LogP contribution < -0.4 is 5.32 Å². The highest BCUT2D eigenvalue weighted by Gasteiger charge is 2.13. The number of nitrogens with one attached hydrogen (secondary N) is 1. The molecule has 1 aromatic carbocycles. The van der Waals surface area contributed by atoms with Gasteiger partial charge in [-0.15, -0.1) is 0 Å². The Kier molecular flexibility index (Phi) is 4.69. The first kappa shape index (κ1) is 12.1. The van der Waals surface area contributed by atoms with E-state index in [0.29, 0.717) is 6.42 Å². The summed E-state index contributed by atoms with van der Waals surface area (Å²) in [5.41, 5.74) is 0.208. The maximum Gasteiger partial charge on any atom is 0.129 e. The molecule has 1 aromatic rings. The average molecular weight is 213 g/mol. The molecular weight excluding hydrogens is 196 g/mol. The summed E-state index contributed by atoms with van der Waals surface area (Å²) >= 11 is 0. The third-order valence-electron chi connectivity index (χ3n) is 2.62. The molecule has 0 aliphatic carbocycles. The Balaban J connectivity index is 2.78. The largest absolute Gasteiger partial charge is 0.319 e. The van der Waals surface area contributed by atoms with Gasteiger partial charge in [0.25, 0.3) is 0 Å². The minimum absolute atomic E-state index is 0.208. The highest BCUT2D eigenvalue weighted by Crippen LogP contribution is 2.18. The third-order valence-corrected chi connectivity index (χ3v) is 2.62. The highest BCUT2D eigenvalue weighted by molar-refractivity contribution is 5.20. The van der Waals surface area contributed by atoms with Crippen LogP contribution in [0.5, 0.6) is 0 Å². The summed E-state index contributed by atoms with van der Waals surface area (Å²) in [4.78, 5) is 0. The van der Waals surface area contributed by atoms with Crippen molar-refractivity contribution >= 4 is 0 Å². The second-order valence-corrected chi connectivity index (χ2v) is 3.74. The molecule has 15 heavy (non-hydrogen) atoms. The van der Waals surface area contributed by atoms with Crippen LogP contribution in [0.15, 0.2) is 18.2 Å². The molecule has 1 rings (SSSR count). The van der Waals surface area contributed by atoms with E-state index in [4.69, 9.17) is 0 Å². The van der Waals surface area contributed by atoms with E-state index in [1.807, 2.05) is 14.0 Å². The van der Waals surface area contributed by atoms with Crippen molar-refractivity contribution in [2.45, 2.75) is 19.8 Å². The lowest BCUT2D eigenvalue weighted by molar-refractivity contribution is 0.453. The maximum absolute atomic E-state index is 13.3. The van der Waals surface area contributed by atoms with E-state index in [1.54, 1.807) is 0 Å². The van der Waals surface area contributed by atoms with E-state index in [9.17, 15) is 8.78 Å². The van der Waals surface area contributed by atoms with Crippen molar-refractivity contribution in [2.75, 3.05) is 13.6 Å². The smallest absolute Gasteiger partial charge is 0.129 e. The van der Waals surface area contributed by atoms with Crippen molar-refractivity contribution in [2.24, 2.45) is 5.92 Å². The van der Waals surface area contributed by atoms with Crippen molar-refractivity contribution in [1.29, 1.82) is 0 Å². The molecule has 0 fully saturated rings. The predicted molar refractivity (Wildman–Crippen MR) is 57.8 cm³/mol. The highest BCUT2D eigenvalue weighted by atomic mass is 19.1. The van der Waals surface area contributed by atoms with E-state index in [-0.39, 0.29) is 11.5 Å². The quantitative estimate of drug-likeness (QED) is 0.793. The Hall–Kier alpha value is -0.960. The fourth-order valence-electron chi connectivity index (χ4n) is 1.67. The maximum atomic E-state index is 13.3. The van der Waals surface area contributed by atoms with Crippen molar-refractivity contribution < 1.29 is 8.78 Å². The lowest BCUT2D eigenvalue weighted by atomic mass is 9.96. The third kappa shape index (κ3) is 3.27. The monoisotopic (exact) mass is 213 g/mol. The molecule has 1 unspecified atom stereocenters. The Morgan fingerprint density at radius 1 is 1.27 bits per heavy atom. The van der Waals surface area contributed by atoms with Gasteiger partial charge in [0.15, 0.2) is 0 Å². The Morgan fingerprint density at radius 3 is 2.33 bits per heavy atom. The summed E-state index contributed by atoms with van der Waals surface area (Å²) in [6.07, 6.45) is 1.37. The lowest BCUT2D eigenvalue weighted by Crippen LogP contribution is -2.21. The number of benzene rings is 1. The fourth-order valence-corrected chi connectivity index (χ4v) is 1.67. The first-order valence-corrected chi connectivity index (χ1v) is 5.26. The summed E-state index contributed by atoms with van der Waals surface area (Å²) in [7, 11) is 1.85. The second kappa shape index (κ2) is 5.81. The van der Waals surface area contributed by atoms with Crippen molar-refractivity contribution in [1.82, 2.24) is 5.32 Å². The van der Waals surface area contributed by atoms with Gasteiger partial charge in [-0.2, -0.15) is 0 Å². The molecular formula is C12H17F2N. The van der Waals surface area contributed by atoms with Crippen LogP contribution in [-0.4, -0.2) is 13.6 Å². The zero-order valence-corrected chi connectivity index (χ0v) is 9.19. The van der Waals surface area contributed by atoms with Crippen LogP contribution in [0.25, 0.3) is 0 Å². The Labute approximate surface area is 89.5 Å². The molecule has 1 nitrogen and oxygen atoms in total. The van der Waals surface area contributed by atoms with E-state index in [0.717, 1.165) is 13.0 Å². The topological polar surface area (TPSA) is 12.0 Å². The van der Waals surface area contributed by atoms with Crippen LogP contribution >= 0.6 is 0 Å². The molecule has 0 saturated heterocycles. The van der Waals surface area contributed by atoms with E-state index >= 15 is 0 Å². The van der Waals surface area contributed by atoms with Gasteiger partial charge in [0.1, 0.15) is 11.6 Å². The Bertz CT molecular complexity index is 292. The SMILES string of the molecule is CCC(CNC)Cc1c(F)cccc1F. The minimum atomic E-state index is -0.440. The zero-order chi connectivity index (χ0) is 11.3. The number of hydrogen-bond acceptors (Lipinski definition) is 1. The summed E-state index contributed by atoms with van der Waals surface area (Å²) in [5.74, 6) is -0.601. The molecule has 1 atom stereocenters. The number of hydrogen-bond donors (Lipinski definition) is 1. The van der Waals surface area contributed by atoms with Crippen molar-refractivity contribution in [3.05, 3.63) is 35.4 Å². The fraction of sp³-hybridized carbons (Fsp3) is 0.500. The molecule has 0 aromatic heterocycles. The molecule has 0 aliphatic heterocycles. The van der Waals surface area contributed by atoms with E-state index in [1.165, 1.54) is 18.2 Å². The predicted octanol–water partition coefficient (Wildman–Crippen LogP) is 2.75. The van der Waals surface area contributed by atoms with Crippen molar-refractivity contribution in [3.8, 4) is 0 Å². The second-order valence-electron chi connectivity index (χ2n) is 3.74. The normalized spacial score (nSPS) is 12.8. The molecule has 1 N–H and O–H groups in total. The molecule has 0 aliphatic rings. The van der Waals surface area contributed by atoms with E-state index < -0.39 is 11.6 Å². The van der Waals surface area contributed by atoms with Gasteiger partial charge in [-0.1, -0.05) is 19.4 Å². The van der Waals surface area contributed by atoms with Gasteiger partial charge >= 0.3 is 0 Å². The summed E-state index contributed by atoms with van der Waals surface area (Å²) in [6, 6.07) is 4.02. The molecule has 0 heterocycles. The van der Waals surface area contributed by atoms with Crippen LogP contribution in [0.1, 0.15) is 18.9 Å². The molecule has 84 valence electrons. The Morgan fingerprint density at radius 2 is 1.87 bits per heavy atom. The van der Waals surface area contributed by atoms with Crippen molar-refractivity contribution in [3.63, 3.8) is 0 Å². The number of rotatable bonds is 5. The van der Waals surface area contributed by atoms with Crippen LogP contribution in [0.4, 0.5) is 8.78 Å². The van der Waals surface area contributed by atoms with Gasteiger partial charge in [-0.25, -0.2) is 8.78 Å². The van der Waals surface area contributed by atoms with Crippen LogP contribution in [0.3, 0.4) is 0 Å². The van der Waals surface area contributed by atoms with Gasteiger partial charge in [-0.3, -0.25) is 0 Å². The first-order valence-electron chi connectivity index (χ1n) is 5.26. The zero-order valence-electron chi connectivity index (χ0n) is 9.19. The molecule has 3 heteroatoms. The lowest BCUT2D eigenvalue weighted by Gasteiger charge is -2.15. The summed E-state index contributed by atoms with van der Waals surface area (Å²) in [5, 5.41) is 3.03. The minimum Gasteiger partial charge on any atom is -0.319 e. The summed E-state index contributed by atoms with van der Waals surface area (Å²) < 4.78 is 26.7. The first-order chi connectivity index (χ1) is 7.19.